The Balaban J connectivity index is 2.30. The number of hydrogen-bond donors (Lipinski definition) is 2. The summed E-state index contributed by atoms with van der Waals surface area (Å²) in [6.07, 6.45) is 4.62. The Labute approximate surface area is 343 Å². The molecule has 0 aliphatic rings. The average molecular weight is 795 g/mol. The summed E-state index contributed by atoms with van der Waals surface area (Å²) in [5, 5.41) is 22.3. The van der Waals surface area contributed by atoms with Gasteiger partial charge in [-0.15, -0.1) is 0 Å². The highest BCUT2D eigenvalue weighted by molar-refractivity contribution is 5.71. The van der Waals surface area contributed by atoms with Crippen LogP contribution < -0.4 is 0 Å². The molecule has 0 aromatic heterocycles. The van der Waals surface area contributed by atoms with Gasteiger partial charge in [-0.3, -0.25) is 14.4 Å². The third-order valence-electron chi connectivity index (χ3n) is 10.2. The Kier molecular flexibility index (Phi) is 17.5. The van der Waals surface area contributed by atoms with E-state index in [4.69, 9.17) is 18.9 Å². The number of aromatic hydroxyl groups is 2. The molecule has 0 aliphatic carbocycles. The van der Waals surface area contributed by atoms with Gasteiger partial charge >= 0.3 is 17.9 Å². The minimum absolute atomic E-state index is 0.000694. The Bertz CT molecular complexity index is 1530. The summed E-state index contributed by atoms with van der Waals surface area (Å²) in [6, 6.07) is 7.82. The van der Waals surface area contributed by atoms with Gasteiger partial charge in [0, 0.05) is 26.4 Å². The van der Waals surface area contributed by atoms with Crippen molar-refractivity contribution in [1.82, 2.24) is 0 Å². The van der Waals surface area contributed by atoms with E-state index in [9.17, 15) is 24.6 Å². The first-order valence-electron chi connectivity index (χ1n) is 20.5. The van der Waals surface area contributed by atoms with Crippen molar-refractivity contribution in [3.05, 3.63) is 69.3 Å². The number of carbonyl (C=O) groups is 3. The number of benzene rings is 2. The van der Waals surface area contributed by atoms with Crippen molar-refractivity contribution in [3.63, 3.8) is 0 Å². The highest BCUT2D eigenvalue weighted by atomic mass is 16.6. The first-order chi connectivity index (χ1) is 26.1. The van der Waals surface area contributed by atoms with Crippen molar-refractivity contribution >= 4 is 17.9 Å². The van der Waals surface area contributed by atoms with Crippen LogP contribution in [0, 0.1) is 5.41 Å². The number of hydrogen-bond acceptors (Lipinski definition) is 9. The molecule has 0 saturated heterocycles. The number of esters is 3. The van der Waals surface area contributed by atoms with Gasteiger partial charge in [-0.2, -0.15) is 0 Å². The molecule has 2 rings (SSSR count). The third kappa shape index (κ3) is 15.4. The molecule has 9 nitrogen and oxygen atoms in total. The Morgan fingerprint density at radius 3 is 1.14 bits per heavy atom. The summed E-state index contributed by atoms with van der Waals surface area (Å²) in [5.41, 5.74) is 3.79. The molecule has 0 atom stereocenters. The summed E-state index contributed by atoms with van der Waals surface area (Å²) >= 11 is 0. The number of methoxy groups -OCH3 is 1. The number of phenolic OH excluding ortho intramolecular Hbond substituents is 2. The van der Waals surface area contributed by atoms with Gasteiger partial charge in [0.05, 0.1) is 12.0 Å². The third-order valence-corrected chi connectivity index (χ3v) is 10.2. The lowest BCUT2D eigenvalue weighted by atomic mass is 9.78. The van der Waals surface area contributed by atoms with Crippen LogP contribution in [0.1, 0.15) is 162 Å². The summed E-state index contributed by atoms with van der Waals surface area (Å²) in [6.45, 7) is 28.0. The quantitative estimate of drug-likeness (QED) is 0.0861. The fourth-order valence-electron chi connectivity index (χ4n) is 6.68. The van der Waals surface area contributed by atoms with E-state index in [2.05, 4.69) is 6.08 Å². The number of phenols is 2. The van der Waals surface area contributed by atoms with E-state index >= 15 is 0 Å². The van der Waals surface area contributed by atoms with Crippen molar-refractivity contribution < 1.29 is 43.5 Å². The highest BCUT2D eigenvalue weighted by Crippen LogP contribution is 2.41. The van der Waals surface area contributed by atoms with E-state index < -0.39 is 23.3 Å². The van der Waals surface area contributed by atoms with Crippen molar-refractivity contribution in [1.29, 1.82) is 0 Å². The summed E-state index contributed by atoms with van der Waals surface area (Å²) in [5.74, 6) is -0.789. The lowest BCUT2D eigenvalue weighted by molar-refractivity contribution is -0.166. The second-order valence-corrected chi connectivity index (χ2v) is 20.0. The first-order valence-corrected chi connectivity index (χ1v) is 20.5. The number of ether oxygens (including phenoxy) is 4. The normalized spacial score (nSPS) is 13.1. The van der Waals surface area contributed by atoms with Crippen molar-refractivity contribution in [2.24, 2.45) is 5.41 Å². The summed E-state index contributed by atoms with van der Waals surface area (Å²) < 4.78 is 23.0. The van der Waals surface area contributed by atoms with E-state index in [1.807, 2.05) is 121 Å². The molecular formula is C48H74O9. The van der Waals surface area contributed by atoms with Crippen LogP contribution in [0.3, 0.4) is 0 Å². The van der Waals surface area contributed by atoms with Crippen LogP contribution in [0.5, 0.6) is 11.5 Å². The molecule has 0 heterocycles. The summed E-state index contributed by atoms with van der Waals surface area (Å²) in [4.78, 5) is 39.6. The van der Waals surface area contributed by atoms with Crippen molar-refractivity contribution in [3.8, 4) is 11.5 Å². The molecule has 0 unspecified atom stereocenters. The standard InChI is InChI=1S/C48H74O9/c1-16-17-32(2)18-21-39(49)55-29-48(28-54-15,30-56-40(50)22-19-33-24-35(44(3,4)5)42(52)36(25-33)45(6,7)8)31-57-41(51)23-20-34-26-37(46(9,10)11)43(53)38(27-34)47(12,13)14/h17,24-27,52-53H,16,18-23,28-31H2,1-15H3/b32-17+. The molecule has 320 valence electrons. The molecule has 0 spiro atoms. The topological polar surface area (TPSA) is 129 Å². The summed E-state index contributed by atoms with van der Waals surface area (Å²) in [7, 11) is 1.49. The average Bonchev–Trinajstić information content (AvgIpc) is 3.08. The largest absolute Gasteiger partial charge is 0.507 e. The van der Waals surface area contributed by atoms with Gasteiger partial charge in [-0.1, -0.05) is 126 Å². The minimum atomic E-state index is -1.15. The van der Waals surface area contributed by atoms with Crippen LogP contribution in [0.25, 0.3) is 0 Å². The maximum absolute atomic E-state index is 13.3. The molecule has 0 amide bonds. The number of rotatable bonds is 18. The minimum Gasteiger partial charge on any atom is -0.507 e. The molecule has 57 heavy (non-hydrogen) atoms. The fourth-order valence-corrected chi connectivity index (χ4v) is 6.68. The fraction of sp³-hybridized carbons (Fsp3) is 0.646. The first kappa shape index (κ1) is 49.3. The van der Waals surface area contributed by atoms with Crippen LogP contribution in [-0.4, -0.2) is 61.7 Å². The van der Waals surface area contributed by atoms with Gasteiger partial charge in [0.2, 0.25) is 0 Å². The van der Waals surface area contributed by atoms with E-state index in [1.54, 1.807) is 0 Å². The van der Waals surface area contributed by atoms with E-state index in [1.165, 1.54) is 7.11 Å². The zero-order valence-electron chi connectivity index (χ0n) is 37.9. The second kappa shape index (κ2) is 20.2. The smallest absolute Gasteiger partial charge is 0.306 e. The maximum Gasteiger partial charge on any atom is 0.306 e. The number of aryl methyl sites for hydroxylation is 2. The zero-order chi connectivity index (χ0) is 43.6. The number of allylic oxidation sites excluding steroid dienone is 2. The number of carbonyl (C=O) groups excluding carboxylic acids is 3. The van der Waals surface area contributed by atoms with Crippen LogP contribution >= 0.6 is 0 Å². The molecular weight excluding hydrogens is 721 g/mol. The van der Waals surface area contributed by atoms with Gasteiger partial charge in [0.25, 0.3) is 0 Å². The van der Waals surface area contributed by atoms with E-state index in [-0.39, 0.29) is 78.8 Å². The van der Waals surface area contributed by atoms with Gasteiger partial charge in [0.15, 0.2) is 0 Å². The van der Waals surface area contributed by atoms with Crippen LogP contribution in [-0.2, 0) is 67.8 Å². The molecule has 2 N–H and O–H groups in total. The molecule has 0 aliphatic heterocycles. The van der Waals surface area contributed by atoms with Crippen LogP contribution in [0.15, 0.2) is 35.9 Å². The van der Waals surface area contributed by atoms with Crippen molar-refractivity contribution in [2.45, 2.75) is 164 Å². The van der Waals surface area contributed by atoms with Gasteiger partial charge in [0.1, 0.15) is 31.3 Å². The lowest BCUT2D eigenvalue weighted by Gasteiger charge is -2.31. The highest BCUT2D eigenvalue weighted by Gasteiger charge is 2.37. The van der Waals surface area contributed by atoms with E-state index in [0.29, 0.717) is 19.3 Å². The Morgan fingerprint density at radius 2 is 0.860 bits per heavy atom. The van der Waals surface area contributed by atoms with Crippen molar-refractivity contribution in [2.75, 3.05) is 33.5 Å². The maximum atomic E-state index is 13.3. The monoisotopic (exact) mass is 795 g/mol. The molecule has 9 heteroatoms. The Hall–Kier alpha value is -3.85. The van der Waals surface area contributed by atoms with Gasteiger partial charge < -0.3 is 29.2 Å². The molecule has 0 radical (unpaired) electrons. The predicted molar refractivity (Wildman–Crippen MR) is 228 cm³/mol. The van der Waals surface area contributed by atoms with Gasteiger partial charge in [-0.25, -0.2) is 0 Å². The lowest BCUT2D eigenvalue weighted by Crippen LogP contribution is -2.43. The van der Waals surface area contributed by atoms with E-state index in [0.717, 1.165) is 45.4 Å². The molecule has 0 bridgehead atoms. The van der Waals surface area contributed by atoms with Crippen LogP contribution in [0.4, 0.5) is 0 Å². The molecule has 2 aromatic carbocycles. The predicted octanol–water partition coefficient (Wildman–Crippen LogP) is 10.3. The molecule has 0 fully saturated rings. The second-order valence-electron chi connectivity index (χ2n) is 20.0. The zero-order valence-corrected chi connectivity index (χ0v) is 37.9. The molecule has 0 saturated carbocycles. The SMILES string of the molecule is CC/C=C(\C)CCC(=O)OCC(COC)(COC(=O)CCc1cc(C(C)(C)C)c(O)c(C(C)(C)C)c1)COC(=O)CCc1cc(C(C)(C)C)c(O)c(C(C)(C)C)c1. The van der Waals surface area contributed by atoms with Crippen LogP contribution in [0.2, 0.25) is 0 Å². The molecule has 2 aromatic rings. The Morgan fingerprint density at radius 1 is 0.544 bits per heavy atom. The van der Waals surface area contributed by atoms with Gasteiger partial charge in [-0.05, 0) is 87.6 Å².